The number of aliphatic imine (C=N–C) groups is 1. The first-order chi connectivity index (χ1) is 9.58. The molecule has 0 fully saturated rings. The number of hydrogen-bond acceptors (Lipinski definition) is 5. The number of aromatic nitrogens is 1. The molecule has 1 N–H and O–H groups in total. The van der Waals surface area contributed by atoms with Crippen LogP contribution in [-0.2, 0) is 0 Å². The molecule has 0 amide bonds. The molecule has 0 saturated carbocycles. The molecule has 0 atom stereocenters. The van der Waals surface area contributed by atoms with Gasteiger partial charge in [0.05, 0.1) is 10.6 Å². The van der Waals surface area contributed by atoms with Crippen LogP contribution in [0.25, 0.3) is 11.6 Å². The van der Waals surface area contributed by atoms with E-state index in [1.807, 2.05) is 24.3 Å². The first kappa shape index (κ1) is 13.0. The minimum absolute atomic E-state index is 0.113. The molecule has 0 saturated heterocycles. The molecule has 4 nitrogen and oxygen atoms in total. The van der Waals surface area contributed by atoms with Gasteiger partial charge in [-0.3, -0.25) is 9.79 Å². The average Bonchev–Trinajstić information content (AvgIpc) is 2.93. The van der Waals surface area contributed by atoms with Crippen LogP contribution in [-0.4, -0.2) is 21.8 Å². The molecular formula is C14H10N2O2S2. The molecule has 0 unspecified atom stereocenters. The number of benzene rings is 1. The van der Waals surface area contributed by atoms with E-state index in [1.165, 1.54) is 18.3 Å². The molecule has 1 aromatic heterocycles. The lowest BCUT2D eigenvalue weighted by molar-refractivity contribution is 0.0927. The second kappa shape index (κ2) is 4.81. The van der Waals surface area contributed by atoms with Gasteiger partial charge in [-0.1, -0.05) is 18.2 Å². The van der Waals surface area contributed by atoms with Crippen molar-refractivity contribution in [2.75, 3.05) is 0 Å². The molecule has 3 rings (SSSR count). The number of thiazole rings is 1. The SMILES string of the molecule is CC(=O)n1c(O)c(C=C2C=Nc3ccccc32)sc1=S. The Hall–Kier alpha value is -2.05. The van der Waals surface area contributed by atoms with E-state index in [9.17, 15) is 9.90 Å². The van der Waals surface area contributed by atoms with Gasteiger partial charge in [-0.25, -0.2) is 4.57 Å². The fourth-order valence-corrected chi connectivity index (χ4v) is 3.40. The maximum absolute atomic E-state index is 11.4. The molecule has 0 aliphatic carbocycles. The van der Waals surface area contributed by atoms with Crippen LogP contribution >= 0.6 is 23.6 Å². The summed E-state index contributed by atoms with van der Waals surface area (Å²) in [4.78, 5) is 16.3. The van der Waals surface area contributed by atoms with Crippen LogP contribution in [0.1, 0.15) is 22.2 Å². The summed E-state index contributed by atoms with van der Waals surface area (Å²) in [6, 6.07) is 7.75. The molecule has 6 heteroatoms. The third kappa shape index (κ3) is 2.03. The molecule has 1 aliphatic rings. The molecule has 1 aromatic carbocycles. The van der Waals surface area contributed by atoms with Gasteiger partial charge in [0, 0.05) is 24.3 Å². The van der Waals surface area contributed by atoms with Crippen molar-refractivity contribution in [3.05, 3.63) is 38.7 Å². The van der Waals surface area contributed by atoms with Gasteiger partial charge in [-0.2, -0.15) is 0 Å². The highest BCUT2D eigenvalue weighted by Crippen LogP contribution is 2.35. The van der Waals surface area contributed by atoms with Gasteiger partial charge in [-0.05, 0) is 24.4 Å². The van der Waals surface area contributed by atoms with Crippen molar-refractivity contribution in [1.82, 2.24) is 4.57 Å². The molecule has 1 aliphatic heterocycles. The van der Waals surface area contributed by atoms with Crippen molar-refractivity contribution >= 4 is 53.0 Å². The highest BCUT2D eigenvalue weighted by Gasteiger charge is 2.16. The van der Waals surface area contributed by atoms with Crippen LogP contribution in [0.15, 0.2) is 29.3 Å². The molecular weight excluding hydrogens is 292 g/mol. The number of hydrogen-bond donors (Lipinski definition) is 1. The molecule has 0 spiro atoms. The zero-order chi connectivity index (χ0) is 14.3. The van der Waals surface area contributed by atoms with Crippen LogP contribution < -0.4 is 0 Å². The minimum Gasteiger partial charge on any atom is -0.493 e. The molecule has 100 valence electrons. The van der Waals surface area contributed by atoms with Gasteiger partial charge in [0.2, 0.25) is 11.8 Å². The van der Waals surface area contributed by atoms with E-state index in [0.717, 1.165) is 21.4 Å². The zero-order valence-corrected chi connectivity index (χ0v) is 12.2. The largest absolute Gasteiger partial charge is 0.493 e. The summed E-state index contributed by atoms with van der Waals surface area (Å²) in [6.45, 7) is 1.37. The summed E-state index contributed by atoms with van der Waals surface area (Å²) in [5.41, 5.74) is 2.79. The zero-order valence-electron chi connectivity index (χ0n) is 10.5. The van der Waals surface area contributed by atoms with Gasteiger partial charge in [0.15, 0.2) is 3.95 Å². The summed E-state index contributed by atoms with van der Waals surface area (Å²) < 4.78 is 1.47. The summed E-state index contributed by atoms with van der Waals surface area (Å²) in [7, 11) is 0. The van der Waals surface area contributed by atoms with E-state index in [0.29, 0.717) is 8.83 Å². The first-order valence-corrected chi connectivity index (χ1v) is 7.11. The number of allylic oxidation sites excluding steroid dienone is 1. The predicted octanol–water partition coefficient (Wildman–Crippen LogP) is 3.90. The Balaban J connectivity index is 2.12. The van der Waals surface area contributed by atoms with E-state index in [-0.39, 0.29) is 11.8 Å². The van der Waals surface area contributed by atoms with Gasteiger partial charge in [0.1, 0.15) is 0 Å². The monoisotopic (exact) mass is 302 g/mol. The van der Waals surface area contributed by atoms with Gasteiger partial charge in [-0.15, -0.1) is 11.3 Å². The van der Waals surface area contributed by atoms with E-state index in [2.05, 4.69) is 4.99 Å². The maximum atomic E-state index is 11.4. The van der Waals surface area contributed by atoms with E-state index in [1.54, 1.807) is 12.3 Å². The normalized spacial score (nSPS) is 14.8. The lowest BCUT2D eigenvalue weighted by Gasteiger charge is -1.99. The fraction of sp³-hybridized carbons (Fsp3) is 0.0714. The van der Waals surface area contributed by atoms with E-state index < -0.39 is 0 Å². The number of aromatic hydroxyl groups is 1. The summed E-state index contributed by atoms with van der Waals surface area (Å²) in [5.74, 6) is -0.410. The standard InChI is InChI=1S/C14H10N2O2S2/c1-8(17)16-13(18)12(20-14(16)19)6-9-7-15-11-5-3-2-4-10(9)11/h2-7,18H,1H3. The number of nitrogens with zero attached hydrogens (tertiary/aromatic N) is 2. The quantitative estimate of drug-likeness (QED) is 0.813. The van der Waals surface area contributed by atoms with Crippen molar-refractivity contribution in [2.45, 2.75) is 6.92 Å². The van der Waals surface area contributed by atoms with Crippen molar-refractivity contribution in [2.24, 2.45) is 4.99 Å². The third-order valence-electron chi connectivity index (χ3n) is 2.97. The Labute approximate surface area is 124 Å². The van der Waals surface area contributed by atoms with Crippen molar-refractivity contribution in [3.8, 4) is 5.88 Å². The molecule has 0 radical (unpaired) electrons. The van der Waals surface area contributed by atoms with Crippen LogP contribution in [0.2, 0.25) is 0 Å². The Bertz CT molecular complexity index is 828. The first-order valence-electron chi connectivity index (χ1n) is 5.89. The topological polar surface area (TPSA) is 54.6 Å². The number of para-hydroxylation sites is 1. The van der Waals surface area contributed by atoms with Crippen LogP contribution in [0.5, 0.6) is 5.88 Å². The Morgan fingerprint density at radius 1 is 1.45 bits per heavy atom. The highest BCUT2D eigenvalue weighted by atomic mass is 32.1. The minimum atomic E-state index is -0.297. The van der Waals surface area contributed by atoms with Crippen molar-refractivity contribution in [1.29, 1.82) is 0 Å². The van der Waals surface area contributed by atoms with E-state index in [4.69, 9.17) is 12.2 Å². The van der Waals surface area contributed by atoms with Crippen LogP contribution in [0, 0.1) is 3.95 Å². The third-order valence-corrected chi connectivity index (χ3v) is 4.28. The Morgan fingerprint density at radius 3 is 2.90 bits per heavy atom. The van der Waals surface area contributed by atoms with Crippen LogP contribution in [0.3, 0.4) is 0 Å². The van der Waals surface area contributed by atoms with Crippen molar-refractivity contribution in [3.63, 3.8) is 0 Å². The fourth-order valence-electron chi connectivity index (χ4n) is 2.05. The maximum Gasteiger partial charge on any atom is 0.232 e. The van der Waals surface area contributed by atoms with Crippen molar-refractivity contribution < 1.29 is 9.90 Å². The Morgan fingerprint density at radius 2 is 2.20 bits per heavy atom. The Kier molecular flexibility index (Phi) is 3.11. The van der Waals surface area contributed by atoms with Gasteiger partial charge >= 0.3 is 0 Å². The lowest BCUT2D eigenvalue weighted by atomic mass is 10.1. The molecule has 20 heavy (non-hydrogen) atoms. The molecule has 2 aromatic rings. The number of rotatable bonds is 1. The number of carbonyl (C=O) groups is 1. The van der Waals surface area contributed by atoms with Gasteiger partial charge < -0.3 is 5.11 Å². The number of fused-ring (bicyclic) bond motifs is 1. The summed E-state index contributed by atoms with van der Waals surface area (Å²) in [6.07, 6.45) is 3.54. The molecule has 0 bridgehead atoms. The summed E-state index contributed by atoms with van der Waals surface area (Å²) >= 11 is 6.29. The smallest absolute Gasteiger partial charge is 0.232 e. The molecule has 2 heterocycles. The van der Waals surface area contributed by atoms with Gasteiger partial charge in [0.25, 0.3) is 0 Å². The predicted molar refractivity (Wildman–Crippen MR) is 83.6 cm³/mol. The summed E-state index contributed by atoms with van der Waals surface area (Å²) in [5, 5.41) is 10.1. The van der Waals surface area contributed by atoms with E-state index >= 15 is 0 Å². The second-order valence-electron chi connectivity index (χ2n) is 4.29. The number of carbonyl (C=O) groups excluding carboxylic acids is 1. The lowest BCUT2D eigenvalue weighted by Crippen LogP contribution is -2.03. The van der Waals surface area contributed by atoms with Crippen LogP contribution in [0.4, 0.5) is 5.69 Å². The second-order valence-corrected chi connectivity index (χ2v) is 5.96. The average molecular weight is 302 g/mol. The highest BCUT2D eigenvalue weighted by molar-refractivity contribution is 7.73.